The fourth-order valence-electron chi connectivity index (χ4n) is 3.39. The molecule has 0 aliphatic carbocycles. The van der Waals surface area contributed by atoms with Crippen LogP contribution in [0.25, 0.3) is 0 Å². The number of rotatable bonds is 5. The van der Waals surface area contributed by atoms with E-state index in [4.69, 9.17) is 5.14 Å². The first-order chi connectivity index (χ1) is 11.2. The smallest absolute Gasteiger partial charge is 0.253 e. The molecule has 6 nitrogen and oxygen atoms in total. The van der Waals surface area contributed by atoms with Crippen LogP contribution in [0.4, 0.5) is 0 Å². The van der Waals surface area contributed by atoms with E-state index in [1.165, 1.54) is 6.07 Å². The minimum absolute atomic E-state index is 0.0327. The third kappa shape index (κ3) is 3.79. The van der Waals surface area contributed by atoms with Gasteiger partial charge in [-0.2, -0.15) is 0 Å². The first-order valence-electron chi connectivity index (χ1n) is 8.36. The number of likely N-dealkylation sites (tertiary alicyclic amines) is 1. The molecule has 134 valence electrons. The third-order valence-corrected chi connectivity index (χ3v) is 5.99. The molecule has 1 unspecified atom stereocenters. The highest BCUT2D eigenvalue weighted by molar-refractivity contribution is 7.89. The van der Waals surface area contributed by atoms with Crippen LogP contribution in [-0.4, -0.2) is 56.3 Å². The molecule has 1 aliphatic heterocycles. The Balaban J connectivity index is 2.27. The van der Waals surface area contributed by atoms with Crippen LogP contribution in [0.3, 0.4) is 0 Å². The summed E-state index contributed by atoms with van der Waals surface area (Å²) in [5, 5.41) is 5.29. The number of hydrogen-bond acceptors (Lipinski definition) is 4. The maximum absolute atomic E-state index is 12.8. The number of likely N-dealkylation sites (N-methyl/N-ethyl adjacent to an activating group) is 1. The Morgan fingerprint density at radius 3 is 2.46 bits per heavy atom. The quantitative estimate of drug-likeness (QED) is 0.870. The molecule has 1 saturated heterocycles. The minimum atomic E-state index is -3.85. The molecule has 0 spiro atoms. The van der Waals surface area contributed by atoms with Gasteiger partial charge in [-0.15, -0.1) is 0 Å². The second kappa shape index (κ2) is 7.21. The van der Waals surface area contributed by atoms with Gasteiger partial charge in [-0.3, -0.25) is 9.69 Å². The van der Waals surface area contributed by atoms with Gasteiger partial charge < -0.3 is 4.90 Å². The van der Waals surface area contributed by atoms with E-state index >= 15 is 0 Å². The lowest BCUT2D eigenvalue weighted by Gasteiger charge is -2.26. The number of benzene rings is 1. The fraction of sp³-hybridized carbons (Fsp3) is 0.588. The molecule has 1 fully saturated rings. The number of sulfonamides is 1. The molecule has 0 radical (unpaired) electrons. The number of carbonyl (C=O) groups is 1. The highest BCUT2D eigenvalue weighted by atomic mass is 32.2. The van der Waals surface area contributed by atoms with Gasteiger partial charge in [0, 0.05) is 24.7 Å². The molecule has 1 atom stereocenters. The average Bonchev–Trinajstić information content (AvgIpc) is 2.99. The first-order valence-corrected chi connectivity index (χ1v) is 9.91. The summed E-state index contributed by atoms with van der Waals surface area (Å²) in [6, 6.07) is 3.52. The molecule has 1 amide bonds. The molecular formula is C17H27N3O3S. The normalized spacial score (nSPS) is 18.4. The summed E-state index contributed by atoms with van der Waals surface area (Å²) in [4.78, 5) is 17.0. The summed E-state index contributed by atoms with van der Waals surface area (Å²) in [5.74, 6) is -0.127. The number of primary sulfonamides is 1. The van der Waals surface area contributed by atoms with Crippen LogP contribution in [0.5, 0.6) is 0 Å². The Kier molecular flexibility index (Phi) is 5.67. The van der Waals surface area contributed by atoms with Gasteiger partial charge in [-0.1, -0.05) is 13.8 Å². The van der Waals surface area contributed by atoms with Crippen LogP contribution in [-0.2, 0) is 10.0 Å². The van der Waals surface area contributed by atoms with Gasteiger partial charge in [0.15, 0.2) is 0 Å². The second-order valence-electron chi connectivity index (χ2n) is 6.38. The van der Waals surface area contributed by atoms with Gasteiger partial charge in [-0.05, 0) is 56.6 Å². The van der Waals surface area contributed by atoms with E-state index in [9.17, 15) is 13.2 Å². The summed E-state index contributed by atoms with van der Waals surface area (Å²) in [5.41, 5.74) is 1.74. The number of nitrogens with zero attached hydrogens (tertiary/aromatic N) is 2. The molecule has 0 saturated carbocycles. The summed E-state index contributed by atoms with van der Waals surface area (Å²) >= 11 is 0. The highest BCUT2D eigenvalue weighted by Crippen LogP contribution is 2.23. The van der Waals surface area contributed by atoms with E-state index in [2.05, 4.69) is 18.7 Å². The summed E-state index contributed by atoms with van der Waals surface area (Å²) in [6.07, 6.45) is 0.945. The fourth-order valence-corrected chi connectivity index (χ4v) is 4.27. The van der Waals surface area contributed by atoms with E-state index < -0.39 is 10.0 Å². The van der Waals surface area contributed by atoms with Crippen LogP contribution in [0, 0.1) is 13.8 Å². The summed E-state index contributed by atoms with van der Waals surface area (Å²) in [7, 11) is -3.85. The Bertz CT molecular complexity index is 727. The summed E-state index contributed by atoms with van der Waals surface area (Å²) in [6.45, 7) is 11.0. The van der Waals surface area contributed by atoms with Crippen molar-refractivity contribution in [3.05, 3.63) is 28.8 Å². The Hall–Kier alpha value is -1.44. The lowest BCUT2D eigenvalue weighted by molar-refractivity contribution is 0.0777. The predicted molar refractivity (Wildman–Crippen MR) is 94.5 cm³/mol. The van der Waals surface area contributed by atoms with Crippen LogP contribution < -0.4 is 5.14 Å². The van der Waals surface area contributed by atoms with Crippen LogP contribution >= 0.6 is 0 Å². The third-order valence-electron chi connectivity index (χ3n) is 4.95. The molecular weight excluding hydrogens is 326 g/mol. The molecule has 7 heteroatoms. The van der Waals surface area contributed by atoms with Gasteiger partial charge in [0.25, 0.3) is 5.91 Å². The predicted octanol–water partition coefficient (Wildman–Crippen LogP) is 1.51. The van der Waals surface area contributed by atoms with Crippen LogP contribution in [0.2, 0.25) is 0 Å². The molecule has 0 aromatic heterocycles. The van der Waals surface area contributed by atoms with Gasteiger partial charge in [-0.25, -0.2) is 13.6 Å². The Morgan fingerprint density at radius 2 is 1.92 bits per heavy atom. The Morgan fingerprint density at radius 1 is 1.29 bits per heavy atom. The van der Waals surface area contributed by atoms with Crippen molar-refractivity contribution in [2.24, 2.45) is 5.14 Å². The van der Waals surface area contributed by atoms with Crippen molar-refractivity contribution in [3.63, 3.8) is 0 Å². The molecule has 24 heavy (non-hydrogen) atoms. The van der Waals surface area contributed by atoms with E-state index in [1.807, 2.05) is 0 Å². The van der Waals surface area contributed by atoms with Crippen molar-refractivity contribution in [3.8, 4) is 0 Å². The zero-order valence-corrected chi connectivity index (χ0v) is 15.7. The molecule has 1 aliphatic rings. The highest BCUT2D eigenvalue weighted by Gasteiger charge is 2.30. The van der Waals surface area contributed by atoms with Crippen molar-refractivity contribution in [1.29, 1.82) is 0 Å². The van der Waals surface area contributed by atoms with Gasteiger partial charge >= 0.3 is 0 Å². The largest absolute Gasteiger partial charge is 0.337 e. The van der Waals surface area contributed by atoms with Crippen LogP contribution in [0.1, 0.15) is 41.8 Å². The minimum Gasteiger partial charge on any atom is -0.337 e. The average molecular weight is 353 g/mol. The van der Waals surface area contributed by atoms with E-state index in [0.29, 0.717) is 30.3 Å². The van der Waals surface area contributed by atoms with Crippen molar-refractivity contribution in [2.45, 2.75) is 45.1 Å². The number of carbonyl (C=O) groups excluding carboxylic acids is 1. The zero-order chi connectivity index (χ0) is 18.1. The number of aryl methyl sites for hydroxylation is 1. The van der Waals surface area contributed by atoms with Crippen molar-refractivity contribution < 1.29 is 13.2 Å². The van der Waals surface area contributed by atoms with Gasteiger partial charge in [0.1, 0.15) is 0 Å². The Labute approximate surface area is 144 Å². The van der Waals surface area contributed by atoms with Gasteiger partial charge in [0.05, 0.1) is 4.90 Å². The zero-order valence-electron chi connectivity index (χ0n) is 14.9. The lowest BCUT2D eigenvalue weighted by atomic mass is 10.1. The second-order valence-corrected chi connectivity index (χ2v) is 7.91. The molecule has 0 bridgehead atoms. The lowest BCUT2D eigenvalue weighted by Crippen LogP contribution is -2.38. The van der Waals surface area contributed by atoms with Gasteiger partial charge in [0.2, 0.25) is 10.0 Å². The van der Waals surface area contributed by atoms with E-state index in [1.54, 1.807) is 24.8 Å². The topological polar surface area (TPSA) is 83.7 Å². The van der Waals surface area contributed by atoms with Crippen molar-refractivity contribution in [1.82, 2.24) is 9.80 Å². The number of hydrogen-bond donors (Lipinski definition) is 1. The van der Waals surface area contributed by atoms with Crippen molar-refractivity contribution in [2.75, 3.05) is 26.2 Å². The van der Waals surface area contributed by atoms with E-state index in [-0.39, 0.29) is 10.8 Å². The molecule has 1 heterocycles. The van der Waals surface area contributed by atoms with E-state index in [0.717, 1.165) is 25.1 Å². The maximum atomic E-state index is 12.8. The number of amides is 1. The van der Waals surface area contributed by atoms with Crippen molar-refractivity contribution >= 4 is 15.9 Å². The first kappa shape index (κ1) is 18.9. The molecule has 1 aromatic rings. The number of nitrogens with two attached hydrogens (primary N) is 1. The summed E-state index contributed by atoms with van der Waals surface area (Å²) < 4.78 is 23.5. The maximum Gasteiger partial charge on any atom is 0.253 e. The standard InChI is InChI=1S/C17H27N3O3S/c1-5-19(6-2)15-7-8-20(11-15)17(21)14-9-12(3)13(4)16(10-14)24(18,22)23/h9-10,15H,5-8,11H2,1-4H3,(H2,18,22,23). The monoisotopic (exact) mass is 353 g/mol. The van der Waals surface area contributed by atoms with Crippen LogP contribution in [0.15, 0.2) is 17.0 Å². The molecule has 2 rings (SSSR count). The molecule has 1 aromatic carbocycles. The SMILES string of the molecule is CCN(CC)C1CCN(C(=O)c2cc(C)c(C)c(S(N)(=O)=O)c2)C1. The molecule has 2 N–H and O–H groups in total.